The van der Waals surface area contributed by atoms with Crippen molar-refractivity contribution in [3.05, 3.63) is 64.7 Å². The molecule has 0 spiro atoms. The number of rotatable bonds is 3. The molecule has 1 heterocycles. The van der Waals surface area contributed by atoms with E-state index < -0.39 is 17.7 Å². The molecule has 0 aliphatic carbocycles. The fraction of sp³-hybridized carbons (Fsp3) is 0.294. The number of aryl methyl sites for hydroxylation is 1. The van der Waals surface area contributed by atoms with Crippen LogP contribution in [0.2, 0.25) is 0 Å². The zero-order valence-electron chi connectivity index (χ0n) is 12.0. The van der Waals surface area contributed by atoms with Gasteiger partial charge in [-0.25, -0.2) is 8.78 Å². The van der Waals surface area contributed by atoms with Gasteiger partial charge in [-0.05, 0) is 31.2 Å². The van der Waals surface area contributed by atoms with Crippen LogP contribution in [0, 0.1) is 18.6 Å². The van der Waals surface area contributed by atoms with Gasteiger partial charge < -0.3 is 10.1 Å². The number of nitrogens with one attached hydrogen (secondary N) is 1. The maximum absolute atomic E-state index is 14.2. The SMILES string of the molecule is CNC(c1ccc(C)c(F)c1F)C1Cc2ccccc2O1. The van der Waals surface area contributed by atoms with Gasteiger partial charge in [-0.2, -0.15) is 0 Å². The summed E-state index contributed by atoms with van der Waals surface area (Å²) in [6, 6.07) is 10.6. The van der Waals surface area contributed by atoms with Crippen LogP contribution in [0.4, 0.5) is 8.78 Å². The van der Waals surface area contributed by atoms with Crippen molar-refractivity contribution >= 4 is 0 Å². The molecule has 2 nitrogen and oxygen atoms in total. The maximum atomic E-state index is 14.2. The largest absolute Gasteiger partial charge is 0.488 e. The van der Waals surface area contributed by atoms with E-state index in [2.05, 4.69) is 5.32 Å². The van der Waals surface area contributed by atoms with E-state index in [1.54, 1.807) is 26.1 Å². The van der Waals surface area contributed by atoms with Crippen molar-refractivity contribution in [2.75, 3.05) is 7.05 Å². The molecule has 0 saturated heterocycles. The number of hydrogen-bond donors (Lipinski definition) is 1. The van der Waals surface area contributed by atoms with E-state index in [0.29, 0.717) is 17.5 Å². The minimum atomic E-state index is -0.797. The zero-order valence-corrected chi connectivity index (χ0v) is 12.0. The number of benzene rings is 2. The van der Waals surface area contributed by atoms with Crippen molar-refractivity contribution < 1.29 is 13.5 Å². The highest BCUT2D eigenvalue weighted by Gasteiger charge is 2.32. The second kappa shape index (κ2) is 5.45. The molecule has 0 saturated carbocycles. The first-order valence-electron chi connectivity index (χ1n) is 6.98. The van der Waals surface area contributed by atoms with Gasteiger partial charge in [0.25, 0.3) is 0 Å². The van der Waals surface area contributed by atoms with Gasteiger partial charge in [0, 0.05) is 12.0 Å². The molecule has 0 radical (unpaired) electrons. The van der Waals surface area contributed by atoms with Gasteiger partial charge in [0.15, 0.2) is 11.6 Å². The average Bonchev–Trinajstić information content (AvgIpc) is 2.91. The van der Waals surface area contributed by atoms with Crippen molar-refractivity contribution in [2.24, 2.45) is 0 Å². The van der Waals surface area contributed by atoms with Gasteiger partial charge in [-0.15, -0.1) is 0 Å². The molecule has 21 heavy (non-hydrogen) atoms. The predicted molar refractivity (Wildman–Crippen MR) is 77.5 cm³/mol. The Hall–Kier alpha value is -1.94. The fourth-order valence-corrected chi connectivity index (χ4v) is 2.84. The molecule has 0 amide bonds. The monoisotopic (exact) mass is 289 g/mol. The molecule has 0 aromatic heterocycles. The molecule has 1 aliphatic rings. The van der Waals surface area contributed by atoms with Crippen LogP contribution in [0.25, 0.3) is 0 Å². The highest BCUT2D eigenvalue weighted by molar-refractivity contribution is 5.39. The summed E-state index contributed by atoms with van der Waals surface area (Å²) >= 11 is 0. The molecule has 4 heteroatoms. The lowest BCUT2D eigenvalue weighted by molar-refractivity contribution is 0.180. The maximum Gasteiger partial charge on any atom is 0.164 e. The summed E-state index contributed by atoms with van der Waals surface area (Å²) in [7, 11) is 1.73. The Morgan fingerprint density at radius 3 is 2.62 bits per heavy atom. The number of fused-ring (bicyclic) bond motifs is 1. The van der Waals surface area contributed by atoms with Crippen molar-refractivity contribution in [1.82, 2.24) is 5.32 Å². The van der Waals surface area contributed by atoms with Crippen molar-refractivity contribution in [3.8, 4) is 5.75 Å². The summed E-state index contributed by atoms with van der Waals surface area (Å²) in [5.74, 6) is -0.770. The number of halogens is 2. The molecular weight excluding hydrogens is 272 g/mol. The molecule has 2 atom stereocenters. The predicted octanol–water partition coefficient (Wildman–Crippen LogP) is 3.54. The van der Waals surface area contributed by atoms with Gasteiger partial charge in [0.2, 0.25) is 0 Å². The number of para-hydroxylation sites is 1. The first-order valence-corrected chi connectivity index (χ1v) is 6.98. The summed E-state index contributed by atoms with van der Waals surface area (Å²) in [5.41, 5.74) is 1.70. The van der Waals surface area contributed by atoms with Gasteiger partial charge in [-0.3, -0.25) is 0 Å². The van der Waals surface area contributed by atoms with Crippen LogP contribution in [0.15, 0.2) is 36.4 Å². The molecule has 2 unspecified atom stereocenters. The number of ether oxygens (including phenoxy) is 1. The van der Waals surface area contributed by atoms with E-state index in [9.17, 15) is 8.78 Å². The molecule has 2 aromatic rings. The van der Waals surface area contributed by atoms with Crippen LogP contribution >= 0.6 is 0 Å². The van der Waals surface area contributed by atoms with E-state index in [1.165, 1.54) is 0 Å². The van der Waals surface area contributed by atoms with Gasteiger partial charge >= 0.3 is 0 Å². The van der Waals surface area contributed by atoms with Crippen LogP contribution in [0.5, 0.6) is 5.75 Å². The Labute approximate surface area is 122 Å². The van der Waals surface area contributed by atoms with Gasteiger partial charge in [-0.1, -0.05) is 30.3 Å². The molecule has 1 N–H and O–H groups in total. The Bertz CT molecular complexity index is 647. The minimum Gasteiger partial charge on any atom is -0.488 e. The molecule has 2 aromatic carbocycles. The van der Waals surface area contributed by atoms with Crippen molar-refractivity contribution in [1.29, 1.82) is 0 Å². The van der Waals surface area contributed by atoms with Gasteiger partial charge in [0.1, 0.15) is 11.9 Å². The third-order valence-corrected chi connectivity index (χ3v) is 4.00. The molecule has 110 valence electrons. The Balaban J connectivity index is 1.93. The topological polar surface area (TPSA) is 21.3 Å². The van der Waals surface area contributed by atoms with E-state index in [0.717, 1.165) is 11.3 Å². The lowest BCUT2D eigenvalue weighted by Gasteiger charge is -2.24. The lowest BCUT2D eigenvalue weighted by atomic mass is 9.96. The second-order valence-corrected chi connectivity index (χ2v) is 5.33. The molecule has 1 aliphatic heterocycles. The molecule has 0 bridgehead atoms. The number of hydrogen-bond acceptors (Lipinski definition) is 2. The minimum absolute atomic E-state index is 0.246. The Morgan fingerprint density at radius 2 is 1.90 bits per heavy atom. The zero-order chi connectivity index (χ0) is 15.0. The highest BCUT2D eigenvalue weighted by Crippen LogP contribution is 2.35. The standard InChI is InChI=1S/C17H17F2NO/c1-10-7-8-12(16(19)15(10)18)17(20-2)14-9-11-5-3-4-6-13(11)21-14/h3-8,14,17,20H,9H2,1-2H3. The third kappa shape index (κ3) is 2.40. The summed E-state index contributed by atoms with van der Waals surface area (Å²) in [6.07, 6.45) is 0.431. The summed E-state index contributed by atoms with van der Waals surface area (Å²) in [6.45, 7) is 1.55. The molecule has 3 rings (SSSR count). The van der Waals surface area contributed by atoms with E-state index in [1.807, 2.05) is 24.3 Å². The summed E-state index contributed by atoms with van der Waals surface area (Å²) in [4.78, 5) is 0. The first kappa shape index (κ1) is 14.0. The third-order valence-electron chi connectivity index (χ3n) is 4.00. The van der Waals surface area contributed by atoms with Crippen molar-refractivity contribution in [2.45, 2.75) is 25.5 Å². The fourth-order valence-electron chi connectivity index (χ4n) is 2.84. The molecular formula is C17H17F2NO. The average molecular weight is 289 g/mol. The van der Waals surface area contributed by atoms with Crippen LogP contribution in [0.1, 0.15) is 22.7 Å². The lowest BCUT2D eigenvalue weighted by Crippen LogP contribution is -2.33. The summed E-state index contributed by atoms with van der Waals surface area (Å²) in [5, 5.41) is 3.05. The first-order chi connectivity index (χ1) is 10.1. The summed E-state index contributed by atoms with van der Waals surface area (Å²) < 4.78 is 33.9. The number of likely N-dealkylation sites (N-methyl/N-ethyl adjacent to an activating group) is 1. The quantitative estimate of drug-likeness (QED) is 0.933. The van der Waals surface area contributed by atoms with E-state index in [4.69, 9.17) is 4.74 Å². The van der Waals surface area contributed by atoms with Crippen molar-refractivity contribution in [3.63, 3.8) is 0 Å². The van der Waals surface area contributed by atoms with Crippen LogP contribution in [-0.2, 0) is 6.42 Å². The van der Waals surface area contributed by atoms with Crippen LogP contribution in [-0.4, -0.2) is 13.2 Å². The van der Waals surface area contributed by atoms with Crippen LogP contribution in [0.3, 0.4) is 0 Å². The van der Waals surface area contributed by atoms with E-state index >= 15 is 0 Å². The van der Waals surface area contributed by atoms with E-state index in [-0.39, 0.29) is 6.10 Å². The molecule has 0 fully saturated rings. The second-order valence-electron chi connectivity index (χ2n) is 5.33. The van der Waals surface area contributed by atoms with Gasteiger partial charge in [0.05, 0.1) is 6.04 Å². The Morgan fingerprint density at radius 1 is 1.14 bits per heavy atom. The van der Waals surface area contributed by atoms with Crippen LogP contribution < -0.4 is 10.1 Å². The Kier molecular flexibility index (Phi) is 3.64. The normalized spacial score (nSPS) is 18.2. The highest BCUT2D eigenvalue weighted by atomic mass is 19.2. The smallest absolute Gasteiger partial charge is 0.164 e.